The highest BCUT2D eigenvalue weighted by Gasteiger charge is 2.48. The predicted molar refractivity (Wildman–Crippen MR) is 106 cm³/mol. The van der Waals surface area contributed by atoms with Crippen LogP contribution in [0.3, 0.4) is 0 Å². The molecule has 0 spiro atoms. The van der Waals surface area contributed by atoms with Gasteiger partial charge in [0.15, 0.2) is 6.10 Å². The smallest absolute Gasteiger partial charge is 0.335 e. The van der Waals surface area contributed by atoms with E-state index in [1.165, 1.54) is 6.92 Å². The first-order valence-corrected chi connectivity index (χ1v) is 9.66. The van der Waals surface area contributed by atoms with Crippen LogP contribution in [0.1, 0.15) is 35.6 Å². The molecular weight excluding hydrogens is 408 g/mol. The van der Waals surface area contributed by atoms with Crippen molar-refractivity contribution in [3.05, 3.63) is 71.3 Å². The Morgan fingerprint density at radius 3 is 2.16 bits per heavy atom. The van der Waals surface area contributed by atoms with E-state index in [2.05, 4.69) is 0 Å². The van der Waals surface area contributed by atoms with Gasteiger partial charge in [0, 0.05) is 0 Å². The molecule has 0 aliphatic carbocycles. The minimum Gasteiger partial charge on any atom is -0.479 e. The summed E-state index contributed by atoms with van der Waals surface area (Å²) in [7, 11) is 0. The number of carboxylic acids is 1. The van der Waals surface area contributed by atoms with Gasteiger partial charge in [-0.1, -0.05) is 54.6 Å². The quantitative estimate of drug-likeness (QED) is 0.406. The van der Waals surface area contributed by atoms with Gasteiger partial charge in [0.05, 0.1) is 5.92 Å². The molecule has 0 aromatic heterocycles. The van der Waals surface area contributed by atoms with E-state index < -0.39 is 54.7 Å². The number of hydrogen-bond acceptors (Lipinski definition) is 8. The topological polar surface area (TPSA) is 154 Å². The standard InChI is InChI=1S/C22H24O9/c1-11(13-8-5-9-14(10-13)15(23)12-6-3-2-4-7-12)21(29)31-22-18(26)16(24)17(25)19(30-22)20(27)28/h2-11,15-19,22-26H,1H3,(H,27,28)/t11-,15-,16-,17+,18+,19-,22+/m1/s1. The molecule has 1 heterocycles. The van der Waals surface area contributed by atoms with E-state index in [0.29, 0.717) is 16.7 Å². The van der Waals surface area contributed by atoms with Crippen molar-refractivity contribution < 1.29 is 44.6 Å². The lowest BCUT2D eigenvalue weighted by atomic mass is 9.95. The lowest BCUT2D eigenvalue weighted by Gasteiger charge is -2.38. The normalized spacial score (nSPS) is 27.8. The molecule has 0 bridgehead atoms. The third kappa shape index (κ3) is 4.92. The molecule has 0 radical (unpaired) electrons. The van der Waals surface area contributed by atoms with Crippen LogP contribution in [0.5, 0.6) is 0 Å². The van der Waals surface area contributed by atoms with E-state index >= 15 is 0 Å². The molecule has 1 aliphatic heterocycles. The van der Waals surface area contributed by atoms with Crippen molar-refractivity contribution in [1.29, 1.82) is 0 Å². The van der Waals surface area contributed by atoms with Crippen molar-refractivity contribution in [3.8, 4) is 0 Å². The summed E-state index contributed by atoms with van der Waals surface area (Å²) in [5.41, 5.74) is 1.75. The van der Waals surface area contributed by atoms with E-state index in [4.69, 9.17) is 14.6 Å². The molecule has 2 aromatic carbocycles. The molecule has 1 aliphatic rings. The van der Waals surface area contributed by atoms with Crippen molar-refractivity contribution in [2.45, 2.75) is 49.7 Å². The van der Waals surface area contributed by atoms with Crippen LogP contribution in [-0.4, -0.2) is 68.2 Å². The van der Waals surface area contributed by atoms with Gasteiger partial charge in [-0.2, -0.15) is 0 Å². The van der Waals surface area contributed by atoms with Gasteiger partial charge >= 0.3 is 11.9 Å². The Bertz CT molecular complexity index is 916. The van der Waals surface area contributed by atoms with Crippen molar-refractivity contribution in [3.63, 3.8) is 0 Å². The second-order valence-electron chi connectivity index (χ2n) is 7.38. The summed E-state index contributed by atoms with van der Waals surface area (Å²) in [6, 6.07) is 15.7. The number of hydrogen-bond donors (Lipinski definition) is 5. The number of aliphatic carboxylic acids is 1. The molecule has 2 aromatic rings. The highest BCUT2D eigenvalue weighted by atomic mass is 16.7. The van der Waals surface area contributed by atoms with E-state index in [1.807, 2.05) is 6.07 Å². The maximum Gasteiger partial charge on any atom is 0.335 e. The van der Waals surface area contributed by atoms with Crippen LogP contribution < -0.4 is 0 Å². The second kappa shape index (κ2) is 9.54. The van der Waals surface area contributed by atoms with Gasteiger partial charge in [-0.3, -0.25) is 4.79 Å². The SMILES string of the molecule is C[C@@H](C(=O)O[C@@H]1O[C@@H](C(=O)O)[C@@H](O)[C@@H](O)[C@@H]1O)c1cccc([C@H](O)c2ccccc2)c1. The molecule has 9 heteroatoms. The highest BCUT2D eigenvalue weighted by molar-refractivity contribution is 5.78. The van der Waals surface area contributed by atoms with Crippen molar-refractivity contribution in [1.82, 2.24) is 0 Å². The van der Waals surface area contributed by atoms with Gasteiger partial charge in [0.2, 0.25) is 6.29 Å². The number of rotatable bonds is 6. The maximum atomic E-state index is 12.6. The van der Waals surface area contributed by atoms with Gasteiger partial charge < -0.3 is 35.0 Å². The Morgan fingerprint density at radius 1 is 0.903 bits per heavy atom. The summed E-state index contributed by atoms with van der Waals surface area (Å²) >= 11 is 0. The third-order valence-electron chi connectivity index (χ3n) is 5.24. The van der Waals surface area contributed by atoms with Gasteiger partial charge in [-0.15, -0.1) is 0 Å². The molecule has 5 N–H and O–H groups in total. The molecule has 0 saturated carbocycles. The molecule has 1 saturated heterocycles. The second-order valence-corrected chi connectivity index (χ2v) is 7.38. The Morgan fingerprint density at radius 2 is 1.52 bits per heavy atom. The summed E-state index contributed by atoms with van der Waals surface area (Å²) in [6.45, 7) is 1.53. The maximum absolute atomic E-state index is 12.6. The van der Waals surface area contributed by atoms with Crippen LogP contribution in [0.15, 0.2) is 54.6 Å². The largest absolute Gasteiger partial charge is 0.479 e. The predicted octanol–water partition coefficient (Wildman–Crippen LogP) is 0.307. The van der Waals surface area contributed by atoms with Crippen molar-refractivity contribution in [2.24, 2.45) is 0 Å². The minimum atomic E-state index is -1.88. The van der Waals surface area contributed by atoms with E-state index in [-0.39, 0.29) is 0 Å². The first-order chi connectivity index (χ1) is 14.7. The Balaban J connectivity index is 1.73. The summed E-state index contributed by atoms with van der Waals surface area (Å²) in [5.74, 6) is -3.27. The zero-order valence-electron chi connectivity index (χ0n) is 16.6. The number of benzene rings is 2. The first-order valence-electron chi connectivity index (χ1n) is 9.66. The summed E-state index contributed by atoms with van der Waals surface area (Å²) < 4.78 is 10.1. The average molecular weight is 432 g/mol. The fourth-order valence-corrected chi connectivity index (χ4v) is 3.33. The molecule has 7 atom stereocenters. The fraction of sp³-hybridized carbons (Fsp3) is 0.364. The number of ether oxygens (including phenoxy) is 2. The van der Waals surface area contributed by atoms with Crippen LogP contribution >= 0.6 is 0 Å². The van der Waals surface area contributed by atoms with Crippen LogP contribution in [0, 0.1) is 0 Å². The molecule has 0 amide bonds. The zero-order chi connectivity index (χ0) is 22.7. The van der Waals surface area contributed by atoms with Crippen molar-refractivity contribution >= 4 is 11.9 Å². The lowest BCUT2D eigenvalue weighted by Crippen LogP contribution is -2.60. The van der Waals surface area contributed by atoms with Gasteiger partial charge in [-0.05, 0) is 23.6 Å². The number of carbonyl (C=O) groups excluding carboxylic acids is 1. The molecule has 9 nitrogen and oxygen atoms in total. The van der Waals surface area contributed by atoms with Gasteiger partial charge in [-0.25, -0.2) is 4.79 Å². The van der Waals surface area contributed by atoms with E-state index in [9.17, 15) is 30.0 Å². The Labute approximate surface area is 178 Å². The van der Waals surface area contributed by atoms with Crippen molar-refractivity contribution in [2.75, 3.05) is 0 Å². The fourth-order valence-electron chi connectivity index (χ4n) is 3.33. The van der Waals surface area contributed by atoms with Crippen LogP contribution in [-0.2, 0) is 19.1 Å². The van der Waals surface area contributed by atoms with Gasteiger partial charge in [0.1, 0.15) is 24.4 Å². The van der Waals surface area contributed by atoms with E-state index in [1.54, 1.807) is 48.5 Å². The molecule has 0 unspecified atom stereocenters. The Kier molecular flexibility index (Phi) is 7.04. The number of carboxylic acid groups (broad SMARTS) is 1. The number of carbonyl (C=O) groups is 2. The summed E-state index contributed by atoms with van der Waals surface area (Å²) in [6.07, 6.45) is -10.1. The zero-order valence-corrected chi connectivity index (χ0v) is 16.6. The summed E-state index contributed by atoms with van der Waals surface area (Å²) in [4.78, 5) is 23.8. The number of esters is 1. The van der Waals surface area contributed by atoms with Crippen LogP contribution in [0.2, 0.25) is 0 Å². The first kappa shape index (κ1) is 22.9. The number of aliphatic hydroxyl groups is 4. The lowest BCUT2D eigenvalue weighted by molar-refractivity contribution is -0.286. The molecule has 1 fully saturated rings. The van der Waals surface area contributed by atoms with Crippen LogP contribution in [0.4, 0.5) is 0 Å². The third-order valence-corrected chi connectivity index (χ3v) is 5.24. The van der Waals surface area contributed by atoms with Gasteiger partial charge in [0.25, 0.3) is 0 Å². The average Bonchev–Trinajstić information content (AvgIpc) is 2.78. The highest BCUT2D eigenvalue weighted by Crippen LogP contribution is 2.28. The molecular formula is C22H24O9. The molecule has 166 valence electrons. The van der Waals surface area contributed by atoms with Crippen LogP contribution in [0.25, 0.3) is 0 Å². The molecule has 3 rings (SSSR count). The summed E-state index contributed by atoms with van der Waals surface area (Å²) in [5, 5.41) is 49.3. The minimum absolute atomic E-state index is 0.512. The Hall–Kier alpha value is -2.82. The number of aliphatic hydroxyl groups excluding tert-OH is 4. The molecule has 31 heavy (non-hydrogen) atoms. The van der Waals surface area contributed by atoms with E-state index in [0.717, 1.165) is 0 Å². The monoisotopic (exact) mass is 432 g/mol.